The lowest BCUT2D eigenvalue weighted by molar-refractivity contribution is 0.0381. The topological polar surface area (TPSA) is 46.6 Å². The van der Waals surface area contributed by atoms with Gasteiger partial charge in [-0.15, -0.1) is 0 Å². The predicted molar refractivity (Wildman–Crippen MR) is 75.1 cm³/mol. The first kappa shape index (κ1) is 14.5. The SMILES string of the molecule is Cc1ccc(S(=O)(=O)CCCN2CCOCC2)cc1. The van der Waals surface area contributed by atoms with Crippen LogP contribution in [0.1, 0.15) is 12.0 Å². The van der Waals surface area contributed by atoms with Gasteiger partial charge >= 0.3 is 0 Å². The van der Waals surface area contributed by atoms with E-state index in [0.29, 0.717) is 11.3 Å². The van der Waals surface area contributed by atoms with Gasteiger partial charge in [-0.2, -0.15) is 0 Å². The second-order valence-electron chi connectivity index (χ2n) is 4.94. The predicted octanol–water partition coefficient (Wildman–Crippen LogP) is 1.49. The van der Waals surface area contributed by atoms with Crippen molar-refractivity contribution in [2.75, 3.05) is 38.6 Å². The van der Waals surface area contributed by atoms with Crippen molar-refractivity contribution < 1.29 is 13.2 Å². The molecule has 0 aromatic heterocycles. The molecule has 4 nitrogen and oxygen atoms in total. The molecular formula is C14H21NO3S. The molecule has 19 heavy (non-hydrogen) atoms. The van der Waals surface area contributed by atoms with Gasteiger partial charge in [-0.1, -0.05) is 17.7 Å². The molecule has 1 aromatic rings. The molecular weight excluding hydrogens is 262 g/mol. The van der Waals surface area contributed by atoms with Gasteiger partial charge in [0.25, 0.3) is 0 Å². The molecule has 1 aliphatic heterocycles. The van der Waals surface area contributed by atoms with Crippen LogP contribution in [0.4, 0.5) is 0 Å². The van der Waals surface area contributed by atoms with Gasteiger partial charge in [0.15, 0.2) is 9.84 Å². The smallest absolute Gasteiger partial charge is 0.178 e. The fourth-order valence-corrected chi connectivity index (χ4v) is 3.46. The van der Waals surface area contributed by atoms with Gasteiger partial charge in [-0.05, 0) is 32.0 Å². The summed E-state index contributed by atoms with van der Waals surface area (Å²) in [6, 6.07) is 7.07. The molecule has 0 unspecified atom stereocenters. The minimum absolute atomic E-state index is 0.216. The van der Waals surface area contributed by atoms with Crippen molar-refractivity contribution in [3.8, 4) is 0 Å². The third-order valence-electron chi connectivity index (χ3n) is 3.37. The molecule has 2 rings (SSSR count). The molecule has 0 amide bonds. The largest absolute Gasteiger partial charge is 0.379 e. The summed E-state index contributed by atoms with van der Waals surface area (Å²) >= 11 is 0. The Morgan fingerprint density at radius 3 is 2.42 bits per heavy atom. The lowest BCUT2D eigenvalue weighted by Crippen LogP contribution is -2.37. The van der Waals surface area contributed by atoms with Gasteiger partial charge in [-0.3, -0.25) is 4.90 Å². The van der Waals surface area contributed by atoms with Gasteiger partial charge in [-0.25, -0.2) is 8.42 Å². The Hall–Kier alpha value is -0.910. The summed E-state index contributed by atoms with van der Waals surface area (Å²) in [4.78, 5) is 2.69. The van der Waals surface area contributed by atoms with Crippen LogP contribution in [-0.2, 0) is 14.6 Å². The van der Waals surface area contributed by atoms with Crippen LogP contribution in [0.15, 0.2) is 29.2 Å². The fraction of sp³-hybridized carbons (Fsp3) is 0.571. The second-order valence-corrected chi connectivity index (χ2v) is 7.05. The maximum Gasteiger partial charge on any atom is 0.178 e. The fourth-order valence-electron chi connectivity index (χ4n) is 2.17. The zero-order valence-corrected chi connectivity index (χ0v) is 12.2. The summed E-state index contributed by atoms with van der Waals surface area (Å²) in [5, 5.41) is 0. The van der Waals surface area contributed by atoms with Crippen molar-refractivity contribution in [2.24, 2.45) is 0 Å². The third-order valence-corrected chi connectivity index (χ3v) is 5.19. The molecule has 1 heterocycles. The highest BCUT2D eigenvalue weighted by Crippen LogP contribution is 2.13. The zero-order chi connectivity index (χ0) is 13.7. The van der Waals surface area contributed by atoms with Crippen LogP contribution in [0.2, 0.25) is 0 Å². The van der Waals surface area contributed by atoms with E-state index in [2.05, 4.69) is 4.90 Å². The number of hydrogen-bond acceptors (Lipinski definition) is 4. The van der Waals surface area contributed by atoms with E-state index in [9.17, 15) is 8.42 Å². The van der Waals surface area contributed by atoms with Crippen molar-refractivity contribution in [1.82, 2.24) is 4.90 Å². The molecule has 0 saturated carbocycles. The Morgan fingerprint density at radius 1 is 1.16 bits per heavy atom. The van der Waals surface area contributed by atoms with Crippen LogP contribution >= 0.6 is 0 Å². The minimum Gasteiger partial charge on any atom is -0.379 e. The summed E-state index contributed by atoms with van der Waals surface area (Å²) < 4.78 is 29.6. The quantitative estimate of drug-likeness (QED) is 0.821. The van der Waals surface area contributed by atoms with Gasteiger partial charge in [0.05, 0.1) is 23.9 Å². The van der Waals surface area contributed by atoms with Crippen molar-refractivity contribution in [1.29, 1.82) is 0 Å². The van der Waals surface area contributed by atoms with Gasteiger partial charge in [0.2, 0.25) is 0 Å². The number of aryl methyl sites for hydroxylation is 1. The Bertz CT molecular complexity index is 490. The summed E-state index contributed by atoms with van der Waals surface area (Å²) in [5.41, 5.74) is 1.08. The molecule has 0 radical (unpaired) electrons. The van der Waals surface area contributed by atoms with Gasteiger partial charge in [0.1, 0.15) is 0 Å². The number of ether oxygens (including phenoxy) is 1. The molecule has 1 fully saturated rings. The van der Waals surface area contributed by atoms with E-state index in [1.165, 1.54) is 0 Å². The van der Waals surface area contributed by atoms with E-state index in [0.717, 1.165) is 38.4 Å². The van der Waals surface area contributed by atoms with E-state index < -0.39 is 9.84 Å². The van der Waals surface area contributed by atoms with Crippen LogP contribution in [0, 0.1) is 6.92 Å². The Balaban J connectivity index is 1.85. The van der Waals surface area contributed by atoms with E-state index in [1.807, 2.05) is 19.1 Å². The van der Waals surface area contributed by atoms with Gasteiger partial charge in [0, 0.05) is 13.1 Å². The standard InChI is InChI=1S/C14H21NO3S/c1-13-3-5-14(6-4-13)19(16,17)12-2-7-15-8-10-18-11-9-15/h3-6H,2,7-12H2,1H3. The molecule has 0 aliphatic carbocycles. The zero-order valence-electron chi connectivity index (χ0n) is 11.3. The van der Waals surface area contributed by atoms with Crippen molar-refractivity contribution in [3.05, 3.63) is 29.8 Å². The van der Waals surface area contributed by atoms with Crippen molar-refractivity contribution in [3.63, 3.8) is 0 Å². The van der Waals surface area contributed by atoms with E-state index in [1.54, 1.807) is 12.1 Å². The van der Waals surface area contributed by atoms with Crippen LogP contribution in [0.5, 0.6) is 0 Å². The highest BCUT2D eigenvalue weighted by atomic mass is 32.2. The maximum atomic E-state index is 12.1. The molecule has 1 aromatic carbocycles. The Morgan fingerprint density at radius 2 is 1.79 bits per heavy atom. The number of benzene rings is 1. The second kappa shape index (κ2) is 6.50. The Kier molecular flexibility index (Phi) is 4.96. The molecule has 0 N–H and O–H groups in total. The first-order valence-electron chi connectivity index (χ1n) is 6.67. The lowest BCUT2D eigenvalue weighted by Gasteiger charge is -2.26. The summed E-state index contributed by atoms with van der Waals surface area (Å²) in [6.45, 7) is 6.11. The first-order chi connectivity index (χ1) is 9.08. The summed E-state index contributed by atoms with van der Waals surface area (Å²) in [7, 11) is -3.14. The molecule has 0 spiro atoms. The van der Waals surface area contributed by atoms with Crippen LogP contribution < -0.4 is 0 Å². The number of rotatable bonds is 5. The van der Waals surface area contributed by atoms with E-state index >= 15 is 0 Å². The first-order valence-corrected chi connectivity index (χ1v) is 8.33. The highest BCUT2D eigenvalue weighted by molar-refractivity contribution is 7.91. The van der Waals surface area contributed by atoms with Crippen molar-refractivity contribution >= 4 is 9.84 Å². The molecule has 0 atom stereocenters. The Labute approximate surface area is 115 Å². The molecule has 106 valence electrons. The third kappa shape index (κ3) is 4.30. The molecule has 0 bridgehead atoms. The maximum absolute atomic E-state index is 12.1. The van der Waals surface area contributed by atoms with Crippen LogP contribution in [0.3, 0.4) is 0 Å². The van der Waals surface area contributed by atoms with E-state index in [-0.39, 0.29) is 5.75 Å². The number of sulfone groups is 1. The molecule has 5 heteroatoms. The number of nitrogens with zero attached hydrogens (tertiary/aromatic N) is 1. The minimum atomic E-state index is -3.14. The summed E-state index contributed by atoms with van der Waals surface area (Å²) in [5.74, 6) is 0.216. The average molecular weight is 283 g/mol. The number of hydrogen-bond donors (Lipinski definition) is 0. The normalized spacial score (nSPS) is 17.5. The summed E-state index contributed by atoms with van der Waals surface area (Å²) in [6.07, 6.45) is 0.677. The number of morpholine rings is 1. The lowest BCUT2D eigenvalue weighted by atomic mass is 10.2. The van der Waals surface area contributed by atoms with Crippen LogP contribution in [0.25, 0.3) is 0 Å². The van der Waals surface area contributed by atoms with E-state index in [4.69, 9.17) is 4.74 Å². The highest BCUT2D eigenvalue weighted by Gasteiger charge is 2.15. The van der Waals surface area contributed by atoms with Gasteiger partial charge < -0.3 is 4.74 Å². The van der Waals surface area contributed by atoms with Crippen LogP contribution in [-0.4, -0.2) is 51.9 Å². The monoisotopic (exact) mass is 283 g/mol. The molecule has 1 aliphatic rings. The van der Waals surface area contributed by atoms with Crippen molar-refractivity contribution in [2.45, 2.75) is 18.2 Å². The average Bonchev–Trinajstić information content (AvgIpc) is 2.40. The molecule has 1 saturated heterocycles.